The third-order valence-corrected chi connectivity index (χ3v) is 4.66. The van der Waals surface area contributed by atoms with E-state index in [2.05, 4.69) is 5.32 Å². The Morgan fingerprint density at radius 3 is 2.57 bits per heavy atom. The average molecular weight is 332 g/mol. The van der Waals surface area contributed by atoms with Crippen molar-refractivity contribution in [1.29, 1.82) is 0 Å². The van der Waals surface area contributed by atoms with Gasteiger partial charge in [0.05, 0.1) is 11.6 Å². The van der Waals surface area contributed by atoms with Crippen LogP contribution in [0.3, 0.4) is 0 Å². The van der Waals surface area contributed by atoms with E-state index >= 15 is 0 Å². The highest BCUT2D eigenvalue weighted by molar-refractivity contribution is 7.10. The summed E-state index contributed by atoms with van der Waals surface area (Å²) < 4.78 is 38.5. The lowest BCUT2D eigenvalue weighted by Crippen LogP contribution is -2.13. The maximum absolute atomic E-state index is 12.8. The molecule has 0 bridgehead atoms. The predicted octanol–water partition coefficient (Wildman–Crippen LogP) is 5.98. The summed E-state index contributed by atoms with van der Waals surface area (Å²) in [5, 5.41) is 5.29. The normalized spacial score (nSPS) is 16.8. The first-order chi connectivity index (χ1) is 9.93. The molecule has 1 saturated carbocycles. The molecule has 1 aliphatic carbocycles. The summed E-state index contributed by atoms with van der Waals surface area (Å²) in [4.78, 5) is 1.14. The van der Waals surface area contributed by atoms with Gasteiger partial charge in [0.15, 0.2) is 0 Å². The van der Waals surface area contributed by atoms with Crippen molar-refractivity contribution in [2.75, 3.05) is 5.32 Å². The van der Waals surface area contributed by atoms with Gasteiger partial charge in [-0.3, -0.25) is 0 Å². The van der Waals surface area contributed by atoms with Crippen LogP contribution in [0.15, 0.2) is 35.7 Å². The minimum Gasteiger partial charge on any atom is -0.377 e. The maximum Gasteiger partial charge on any atom is 0.416 e. The number of rotatable bonds is 4. The van der Waals surface area contributed by atoms with Crippen LogP contribution in [0, 0.1) is 5.92 Å². The summed E-state index contributed by atoms with van der Waals surface area (Å²) in [7, 11) is 0. The average Bonchev–Trinajstić information content (AvgIpc) is 3.09. The Balaban J connectivity index is 1.88. The fraction of sp³-hybridized carbons (Fsp3) is 0.333. The molecule has 6 heteroatoms. The number of benzene rings is 1. The summed E-state index contributed by atoms with van der Waals surface area (Å²) in [6, 6.07) is 7.63. The van der Waals surface area contributed by atoms with Gasteiger partial charge in [0.1, 0.15) is 0 Å². The van der Waals surface area contributed by atoms with Gasteiger partial charge in [-0.2, -0.15) is 13.2 Å². The van der Waals surface area contributed by atoms with E-state index in [0.29, 0.717) is 11.6 Å². The zero-order valence-electron chi connectivity index (χ0n) is 11.0. The minimum atomic E-state index is -4.39. The zero-order valence-corrected chi connectivity index (χ0v) is 12.5. The molecule has 0 amide bonds. The molecule has 1 N–H and O–H groups in total. The van der Waals surface area contributed by atoms with Crippen molar-refractivity contribution in [3.05, 3.63) is 51.2 Å². The van der Waals surface area contributed by atoms with E-state index in [4.69, 9.17) is 11.6 Å². The highest BCUT2D eigenvalue weighted by Gasteiger charge is 2.34. The molecule has 1 aromatic heterocycles. The molecule has 1 fully saturated rings. The first-order valence-corrected chi connectivity index (χ1v) is 7.87. The molecule has 112 valence electrons. The number of hydrogen-bond acceptors (Lipinski definition) is 2. The van der Waals surface area contributed by atoms with Gasteiger partial charge in [0.25, 0.3) is 0 Å². The van der Waals surface area contributed by atoms with Crippen LogP contribution < -0.4 is 5.32 Å². The molecule has 2 aromatic rings. The van der Waals surface area contributed by atoms with Crippen LogP contribution in [0.4, 0.5) is 18.9 Å². The van der Waals surface area contributed by atoms with E-state index in [0.717, 1.165) is 29.9 Å². The third kappa shape index (κ3) is 3.52. The second-order valence-corrected chi connectivity index (χ2v) is 6.62. The first-order valence-electron chi connectivity index (χ1n) is 6.61. The van der Waals surface area contributed by atoms with Crippen molar-refractivity contribution in [2.45, 2.75) is 25.1 Å². The SMILES string of the molecule is FC(F)(F)c1cc(Cl)cc(NC(c2cccs2)C2CC2)c1. The molecular formula is C15H13ClF3NS. The van der Waals surface area contributed by atoms with E-state index in [1.54, 1.807) is 17.4 Å². The van der Waals surface area contributed by atoms with Gasteiger partial charge in [0.2, 0.25) is 0 Å². The van der Waals surface area contributed by atoms with E-state index in [-0.39, 0.29) is 11.1 Å². The summed E-state index contributed by atoms with van der Waals surface area (Å²) in [5.41, 5.74) is -0.307. The van der Waals surface area contributed by atoms with Gasteiger partial charge in [-0.1, -0.05) is 17.7 Å². The topological polar surface area (TPSA) is 12.0 Å². The molecular weight excluding hydrogens is 319 g/mol. The molecule has 0 saturated heterocycles. The largest absolute Gasteiger partial charge is 0.416 e. The van der Waals surface area contributed by atoms with Gasteiger partial charge in [-0.05, 0) is 48.4 Å². The molecule has 1 nitrogen and oxygen atoms in total. The second-order valence-electron chi connectivity index (χ2n) is 5.20. The van der Waals surface area contributed by atoms with Crippen LogP contribution in [0.5, 0.6) is 0 Å². The van der Waals surface area contributed by atoms with Crippen molar-refractivity contribution in [3.63, 3.8) is 0 Å². The molecule has 0 radical (unpaired) electrons. The molecule has 0 aliphatic heterocycles. The van der Waals surface area contributed by atoms with Crippen molar-refractivity contribution in [3.8, 4) is 0 Å². The number of thiophene rings is 1. The van der Waals surface area contributed by atoms with Crippen LogP contribution in [-0.2, 0) is 6.18 Å². The lowest BCUT2D eigenvalue weighted by molar-refractivity contribution is -0.137. The van der Waals surface area contributed by atoms with E-state index in [9.17, 15) is 13.2 Å². The quantitative estimate of drug-likeness (QED) is 0.726. The van der Waals surface area contributed by atoms with E-state index in [1.807, 2.05) is 17.5 Å². The first kappa shape index (κ1) is 14.7. The molecule has 1 aliphatic rings. The maximum atomic E-state index is 12.8. The van der Waals surface area contributed by atoms with Gasteiger partial charge >= 0.3 is 6.18 Å². The molecule has 1 atom stereocenters. The number of anilines is 1. The Hall–Kier alpha value is -1.20. The third-order valence-electron chi connectivity index (χ3n) is 3.49. The van der Waals surface area contributed by atoms with Crippen molar-refractivity contribution in [1.82, 2.24) is 0 Å². The summed E-state index contributed by atoms with van der Waals surface area (Å²) in [6.07, 6.45) is -2.19. The van der Waals surface area contributed by atoms with Crippen LogP contribution >= 0.6 is 22.9 Å². The summed E-state index contributed by atoms with van der Waals surface area (Å²) in [5.74, 6) is 0.483. The lowest BCUT2D eigenvalue weighted by atomic mass is 10.1. The standard InChI is InChI=1S/C15H13ClF3NS/c16-11-6-10(15(17,18)19)7-12(8-11)20-14(9-3-4-9)13-2-1-5-21-13/h1-2,5-9,14,20H,3-4H2. The van der Waals surface area contributed by atoms with Gasteiger partial charge in [-0.25, -0.2) is 0 Å². The van der Waals surface area contributed by atoms with Crippen LogP contribution in [0.2, 0.25) is 5.02 Å². The molecule has 1 unspecified atom stereocenters. The van der Waals surface area contributed by atoms with Crippen LogP contribution in [0.25, 0.3) is 0 Å². The van der Waals surface area contributed by atoms with Gasteiger partial charge in [0, 0.05) is 15.6 Å². The Bertz CT molecular complexity index is 620. The number of alkyl halides is 3. The van der Waals surface area contributed by atoms with Gasteiger partial charge < -0.3 is 5.32 Å². The Kier molecular flexibility index (Phi) is 3.88. The number of nitrogens with one attached hydrogen (secondary N) is 1. The fourth-order valence-corrected chi connectivity index (χ4v) is 3.44. The molecule has 1 aromatic carbocycles. The van der Waals surface area contributed by atoms with E-state index in [1.165, 1.54) is 0 Å². The number of hydrogen-bond donors (Lipinski definition) is 1. The minimum absolute atomic E-state index is 0.0598. The summed E-state index contributed by atoms with van der Waals surface area (Å²) in [6.45, 7) is 0. The highest BCUT2D eigenvalue weighted by Crippen LogP contribution is 2.44. The smallest absolute Gasteiger partial charge is 0.377 e. The molecule has 0 spiro atoms. The van der Waals surface area contributed by atoms with Crippen molar-refractivity contribution in [2.24, 2.45) is 5.92 Å². The Morgan fingerprint density at radius 2 is 2.00 bits per heavy atom. The molecule has 3 rings (SSSR count). The molecule has 1 heterocycles. The monoisotopic (exact) mass is 331 g/mol. The van der Waals surface area contributed by atoms with Crippen LogP contribution in [-0.4, -0.2) is 0 Å². The van der Waals surface area contributed by atoms with Crippen molar-refractivity contribution < 1.29 is 13.2 Å². The Morgan fingerprint density at radius 1 is 1.24 bits per heavy atom. The second kappa shape index (κ2) is 5.54. The predicted molar refractivity (Wildman–Crippen MR) is 79.9 cm³/mol. The zero-order chi connectivity index (χ0) is 15.0. The highest BCUT2D eigenvalue weighted by atomic mass is 35.5. The van der Waals surface area contributed by atoms with Crippen LogP contribution in [0.1, 0.15) is 29.3 Å². The molecule has 21 heavy (non-hydrogen) atoms. The van der Waals surface area contributed by atoms with Crippen molar-refractivity contribution >= 4 is 28.6 Å². The Labute approximate surface area is 129 Å². The van der Waals surface area contributed by atoms with E-state index < -0.39 is 11.7 Å². The fourth-order valence-electron chi connectivity index (χ4n) is 2.34. The van der Waals surface area contributed by atoms with Gasteiger partial charge in [-0.15, -0.1) is 11.3 Å². The number of halogens is 4. The lowest BCUT2D eigenvalue weighted by Gasteiger charge is -2.19. The summed E-state index contributed by atoms with van der Waals surface area (Å²) >= 11 is 7.44.